The maximum atomic E-state index is 17.2. The summed E-state index contributed by atoms with van der Waals surface area (Å²) >= 11 is 0. The molecule has 4 atom stereocenters. The Balaban J connectivity index is 1.39. The van der Waals surface area contributed by atoms with E-state index in [1.54, 1.807) is 182 Å². The van der Waals surface area contributed by atoms with Gasteiger partial charge in [0.15, 0.2) is 0 Å². The fourth-order valence-electron chi connectivity index (χ4n) is 12.1. The van der Waals surface area contributed by atoms with Crippen LogP contribution >= 0.6 is 7.00 Å². The number of hydrogen-bond acceptors (Lipinski definition) is 8. The van der Waals surface area contributed by atoms with E-state index in [1.807, 2.05) is 0 Å². The van der Waals surface area contributed by atoms with Crippen molar-refractivity contribution >= 4 is 38.4 Å². The monoisotopic (exact) mass is 1080 g/mol. The van der Waals surface area contributed by atoms with Crippen molar-refractivity contribution in [3.8, 4) is 11.5 Å². The predicted octanol–water partition coefficient (Wildman–Crippen LogP) is 14.1. The molecular formula is C56H44F6N4O6PS2-. The topological polar surface area (TPSA) is 99.7 Å². The van der Waals surface area contributed by atoms with Gasteiger partial charge in [-0.25, -0.2) is 0 Å². The summed E-state index contributed by atoms with van der Waals surface area (Å²) in [6.07, 6.45) is -10.1. The second-order valence-electron chi connectivity index (χ2n) is 18.9. The summed E-state index contributed by atoms with van der Waals surface area (Å²) in [7, 11) is -18.9. The van der Waals surface area contributed by atoms with Gasteiger partial charge in [-0.05, 0) is 0 Å². The standard InChI is InChI=1S/C56H44F6N4O6PS2/c57-55(58,59)45-31-33-49-47(35-45)63-51(41-23-11-3-12-24-41)53(43-27-15-5-16-28-43)65(74(67,68)37-39-19-7-1-8-20-39)73(63,71-49)64(48-36-46(56(60,61)62)32-34-50(48)72-73)52(42-25-13-4-14-26-42)54(44-29-17-6-18-30-44)66(73)75(69,70)38-40-21-9-2-10-22-40/h1-36,51-54H,37-38H2/q-1/t51-,52-,53-,54?/m1/s1. The second-order valence-corrected chi connectivity index (χ2v) is 27.8. The molecular weight excluding hydrogens is 1030 g/mol. The number of alkyl halides is 6. The number of hydrogen-bond donors (Lipinski definition) is 0. The van der Waals surface area contributed by atoms with Gasteiger partial charge >= 0.3 is 431 Å². The van der Waals surface area contributed by atoms with Crippen LogP contribution in [0, 0.1) is 0 Å². The van der Waals surface area contributed by atoms with Gasteiger partial charge in [0, 0.05) is 0 Å². The summed E-state index contributed by atoms with van der Waals surface area (Å²) < 4.78 is 182. The normalized spacial score (nSPS) is 22.4. The molecule has 0 aromatic heterocycles. The molecule has 0 radical (unpaired) electrons. The van der Waals surface area contributed by atoms with Crippen LogP contribution in [-0.4, -0.2) is 25.0 Å². The summed E-state index contributed by atoms with van der Waals surface area (Å²) in [5.41, 5.74) is -1.88. The summed E-state index contributed by atoms with van der Waals surface area (Å²) in [5.74, 6) is -2.63. The Labute approximate surface area is 428 Å². The summed E-state index contributed by atoms with van der Waals surface area (Å²) in [6.45, 7) is 0. The van der Waals surface area contributed by atoms with Crippen molar-refractivity contribution in [2.45, 2.75) is 48.0 Å². The number of anilines is 2. The number of sulfonamides is 2. The van der Waals surface area contributed by atoms with E-state index >= 15 is 43.2 Å². The predicted molar refractivity (Wildman–Crippen MR) is 275 cm³/mol. The fraction of sp³-hybridized carbons (Fsp3) is 0.143. The first-order chi connectivity index (χ1) is 35.8. The molecule has 384 valence electrons. The number of halogens is 6. The zero-order valence-corrected chi connectivity index (χ0v) is 41.8. The van der Waals surface area contributed by atoms with E-state index in [4.69, 9.17) is 9.05 Å². The summed E-state index contributed by atoms with van der Waals surface area (Å²) in [4.78, 5) is 0. The van der Waals surface area contributed by atoms with Gasteiger partial charge in [-0.2, -0.15) is 0 Å². The number of benzene rings is 8. The third-order valence-electron chi connectivity index (χ3n) is 14.6. The van der Waals surface area contributed by atoms with Gasteiger partial charge in [0.2, 0.25) is 0 Å². The fourth-order valence-corrected chi connectivity index (χ4v) is 28.8. The van der Waals surface area contributed by atoms with E-state index in [0.29, 0.717) is 0 Å². The molecule has 2 saturated heterocycles. The van der Waals surface area contributed by atoms with E-state index in [-0.39, 0.29) is 33.4 Å². The second kappa shape index (κ2) is 16.6. The van der Waals surface area contributed by atoms with Gasteiger partial charge < -0.3 is 0 Å². The Hall–Kier alpha value is -7.21. The van der Waals surface area contributed by atoms with Crippen LogP contribution in [0.15, 0.2) is 218 Å². The molecule has 10 nitrogen and oxygen atoms in total. The molecule has 0 amide bonds. The molecule has 1 unspecified atom stereocenters. The summed E-state index contributed by atoms with van der Waals surface area (Å²) in [5, 5.41) is 0. The molecule has 19 heteroatoms. The number of fused-ring (bicyclic) bond motifs is 4. The van der Waals surface area contributed by atoms with E-state index in [2.05, 4.69) is 0 Å². The number of rotatable bonds is 10. The Morgan fingerprint density at radius 3 is 0.960 bits per heavy atom. The van der Waals surface area contributed by atoms with Gasteiger partial charge in [0.25, 0.3) is 0 Å². The van der Waals surface area contributed by atoms with E-state index < -0.39 is 109 Å². The van der Waals surface area contributed by atoms with Crippen LogP contribution in [0.2, 0.25) is 0 Å². The van der Waals surface area contributed by atoms with Gasteiger partial charge in [0.05, 0.1) is 0 Å². The summed E-state index contributed by atoms with van der Waals surface area (Å²) in [6, 6.07) is 47.4. The SMILES string of the molecule is O=S(=O)(Cc1ccccc1)N1C(c2ccccc2)[C@@H](c2ccccc2)N2c3cc(C(F)(F)F)ccc3O[P-]2134Oc1ccc(C(F)(F)F)cc1N3[C@H](c1ccccc1)[C@@H](c1ccccc1)N4S(=O)(=O)Cc1ccccc1. The third-order valence-corrected chi connectivity index (χ3v) is 27.3. The van der Waals surface area contributed by atoms with Crippen molar-refractivity contribution in [1.29, 1.82) is 0 Å². The van der Waals surface area contributed by atoms with Crippen molar-refractivity contribution < 1.29 is 52.2 Å². The first-order valence-corrected chi connectivity index (χ1v) is 29.3. The van der Waals surface area contributed by atoms with Crippen molar-refractivity contribution in [2.24, 2.45) is 0 Å². The molecule has 8 aromatic carbocycles. The Morgan fingerprint density at radius 2 is 0.667 bits per heavy atom. The average molecular weight is 1080 g/mol. The Bertz CT molecular complexity index is 3490. The van der Waals surface area contributed by atoms with E-state index in [9.17, 15) is 0 Å². The Kier molecular flexibility index (Phi) is 10.8. The van der Waals surface area contributed by atoms with Crippen molar-refractivity contribution in [1.82, 2.24) is 8.15 Å². The average Bonchev–Trinajstić information content (AvgIpc) is 4.15. The van der Waals surface area contributed by atoms with E-state index in [0.717, 1.165) is 44.5 Å². The van der Waals surface area contributed by atoms with Crippen LogP contribution in [0.3, 0.4) is 0 Å². The Morgan fingerprint density at radius 1 is 0.387 bits per heavy atom. The van der Waals surface area contributed by atoms with Crippen LogP contribution in [0.5, 0.6) is 11.5 Å². The molecule has 2 fully saturated rings. The first kappa shape index (κ1) is 48.7. The minimum absolute atomic E-state index is 0.211. The van der Waals surface area contributed by atoms with Gasteiger partial charge in [0.1, 0.15) is 0 Å². The molecule has 0 aliphatic carbocycles. The molecule has 4 heterocycles. The zero-order chi connectivity index (χ0) is 52.2. The molecule has 0 N–H and O–H groups in total. The minimum atomic E-state index is -8.22. The van der Waals surface area contributed by atoms with E-state index in [1.165, 1.54) is 9.34 Å². The van der Waals surface area contributed by atoms with Gasteiger partial charge in [-0.3, -0.25) is 0 Å². The molecule has 8 aromatic rings. The van der Waals surface area contributed by atoms with Crippen LogP contribution in [-0.2, 0) is 43.9 Å². The molecule has 1 spiro atoms. The van der Waals surface area contributed by atoms with Crippen LogP contribution < -0.4 is 18.4 Å². The van der Waals surface area contributed by atoms with Gasteiger partial charge in [-0.15, -0.1) is 0 Å². The maximum absolute atomic E-state index is 17.2. The molecule has 4 aliphatic rings. The van der Waals surface area contributed by atoms with Crippen molar-refractivity contribution in [3.63, 3.8) is 0 Å². The quantitative estimate of drug-likeness (QED) is 0.0986. The molecule has 12 rings (SSSR count). The van der Waals surface area contributed by atoms with Gasteiger partial charge in [-0.1, -0.05) is 0 Å². The first-order valence-electron chi connectivity index (χ1n) is 23.8. The zero-order valence-electron chi connectivity index (χ0n) is 39.3. The van der Waals surface area contributed by atoms with Crippen molar-refractivity contribution in [2.75, 3.05) is 9.34 Å². The van der Waals surface area contributed by atoms with Crippen molar-refractivity contribution in [3.05, 3.63) is 263 Å². The molecule has 4 aliphatic heterocycles. The van der Waals surface area contributed by atoms with Crippen LogP contribution in [0.25, 0.3) is 0 Å². The number of nitrogens with zero attached hydrogens (tertiary/aromatic N) is 4. The third kappa shape index (κ3) is 6.82. The molecule has 0 bridgehead atoms. The molecule has 75 heavy (non-hydrogen) atoms. The van der Waals surface area contributed by atoms with Crippen LogP contribution in [0.1, 0.15) is 68.7 Å². The molecule has 0 saturated carbocycles. The van der Waals surface area contributed by atoms with Crippen LogP contribution in [0.4, 0.5) is 37.7 Å².